The van der Waals surface area contributed by atoms with Gasteiger partial charge < -0.3 is 5.32 Å². The van der Waals surface area contributed by atoms with E-state index in [9.17, 15) is 0 Å². The molecule has 0 aromatic heterocycles. The molecule has 0 spiro atoms. The van der Waals surface area contributed by atoms with Gasteiger partial charge >= 0.3 is 0 Å². The van der Waals surface area contributed by atoms with Crippen LogP contribution in [0.25, 0.3) is 0 Å². The molecule has 0 unspecified atom stereocenters. The van der Waals surface area contributed by atoms with Gasteiger partial charge in [-0.1, -0.05) is 13.0 Å². The van der Waals surface area contributed by atoms with Gasteiger partial charge in [0.05, 0.1) is 0 Å². The molecular formula is C17H31N. The van der Waals surface area contributed by atoms with Crippen LogP contribution in [-0.4, -0.2) is 12.6 Å². The molecular weight excluding hydrogens is 218 g/mol. The minimum Gasteiger partial charge on any atom is -0.314 e. The Balaban J connectivity index is 1.68. The van der Waals surface area contributed by atoms with E-state index in [4.69, 9.17) is 0 Å². The minimum absolute atomic E-state index is 0.823. The molecule has 0 aromatic rings. The highest BCUT2D eigenvalue weighted by atomic mass is 14.9. The molecule has 0 aliphatic heterocycles. The third-order valence-corrected chi connectivity index (χ3v) is 5.27. The predicted molar refractivity (Wildman–Crippen MR) is 79.7 cm³/mol. The molecule has 2 saturated carbocycles. The van der Waals surface area contributed by atoms with Crippen LogP contribution >= 0.6 is 0 Å². The molecule has 0 saturated heterocycles. The van der Waals surface area contributed by atoms with Crippen molar-refractivity contribution in [2.75, 3.05) is 6.54 Å². The summed E-state index contributed by atoms with van der Waals surface area (Å²) in [5.41, 5.74) is 0. The Morgan fingerprint density at radius 2 is 1.50 bits per heavy atom. The molecule has 1 N–H and O–H groups in total. The maximum absolute atomic E-state index is 3.95. The summed E-state index contributed by atoms with van der Waals surface area (Å²) in [6.45, 7) is 7.42. The predicted octanol–water partition coefficient (Wildman–Crippen LogP) is 4.54. The van der Waals surface area contributed by atoms with Crippen LogP contribution in [0.5, 0.6) is 0 Å². The first-order valence-electron chi connectivity index (χ1n) is 8.19. The van der Waals surface area contributed by atoms with Crippen LogP contribution in [0.3, 0.4) is 0 Å². The highest BCUT2D eigenvalue weighted by Crippen LogP contribution is 2.40. The Morgan fingerprint density at radius 1 is 0.944 bits per heavy atom. The maximum Gasteiger partial charge on any atom is 0.00672 e. The fraction of sp³-hybridized carbons (Fsp3) is 0.882. The standard InChI is InChI=1S/C17H31N/c1-3-13-18-17-11-9-16(10-12-17)15-7-5-14(4-2)6-8-15/h4,14-18H,2-3,5-13H2,1H3. The van der Waals surface area contributed by atoms with E-state index in [-0.39, 0.29) is 0 Å². The molecule has 2 rings (SSSR count). The number of hydrogen-bond donors (Lipinski definition) is 1. The smallest absolute Gasteiger partial charge is 0.00672 e. The highest BCUT2D eigenvalue weighted by molar-refractivity contribution is 4.88. The minimum atomic E-state index is 0.823. The second-order valence-corrected chi connectivity index (χ2v) is 6.48. The molecule has 0 bridgehead atoms. The van der Waals surface area contributed by atoms with E-state index in [0.29, 0.717) is 0 Å². The fourth-order valence-electron chi connectivity index (χ4n) is 4.00. The SMILES string of the molecule is C=CC1CCC(C2CCC(NCCC)CC2)CC1. The summed E-state index contributed by atoms with van der Waals surface area (Å²) in [5.74, 6) is 2.90. The molecule has 1 nitrogen and oxygen atoms in total. The van der Waals surface area contributed by atoms with Crippen LogP contribution in [0.2, 0.25) is 0 Å². The van der Waals surface area contributed by atoms with E-state index in [2.05, 4.69) is 24.9 Å². The first-order valence-corrected chi connectivity index (χ1v) is 8.19. The lowest BCUT2D eigenvalue weighted by Gasteiger charge is -2.37. The lowest BCUT2D eigenvalue weighted by molar-refractivity contribution is 0.164. The van der Waals surface area contributed by atoms with Gasteiger partial charge in [0.2, 0.25) is 0 Å². The van der Waals surface area contributed by atoms with Gasteiger partial charge in [-0.15, -0.1) is 6.58 Å². The average molecular weight is 249 g/mol. The van der Waals surface area contributed by atoms with Gasteiger partial charge in [0.25, 0.3) is 0 Å². The molecule has 0 atom stereocenters. The third-order valence-electron chi connectivity index (χ3n) is 5.27. The summed E-state index contributed by atoms with van der Waals surface area (Å²) in [7, 11) is 0. The topological polar surface area (TPSA) is 12.0 Å². The normalized spacial score (nSPS) is 37.4. The summed E-state index contributed by atoms with van der Waals surface area (Å²) in [4.78, 5) is 0. The molecule has 0 radical (unpaired) electrons. The zero-order valence-corrected chi connectivity index (χ0v) is 12.2. The van der Waals surface area contributed by atoms with Gasteiger partial charge in [0, 0.05) is 6.04 Å². The van der Waals surface area contributed by atoms with Crippen molar-refractivity contribution in [2.24, 2.45) is 17.8 Å². The second kappa shape index (κ2) is 7.33. The monoisotopic (exact) mass is 249 g/mol. The lowest BCUT2D eigenvalue weighted by Crippen LogP contribution is -2.35. The van der Waals surface area contributed by atoms with Gasteiger partial charge in [-0.05, 0) is 82.1 Å². The second-order valence-electron chi connectivity index (χ2n) is 6.48. The molecule has 0 aromatic carbocycles. The fourth-order valence-corrected chi connectivity index (χ4v) is 4.00. The quantitative estimate of drug-likeness (QED) is 0.706. The van der Waals surface area contributed by atoms with E-state index in [1.165, 1.54) is 64.3 Å². The zero-order chi connectivity index (χ0) is 12.8. The van der Waals surface area contributed by atoms with Crippen molar-refractivity contribution >= 4 is 0 Å². The Kier molecular flexibility index (Phi) is 5.75. The van der Waals surface area contributed by atoms with Crippen LogP contribution < -0.4 is 5.32 Å². The summed E-state index contributed by atoms with van der Waals surface area (Å²) < 4.78 is 0. The van der Waals surface area contributed by atoms with Crippen molar-refractivity contribution < 1.29 is 0 Å². The summed E-state index contributed by atoms with van der Waals surface area (Å²) >= 11 is 0. The largest absolute Gasteiger partial charge is 0.314 e. The molecule has 104 valence electrons. The van der Waals surface area contributed by atoms with E-state index >= 15 is 0 Å². The van der Waals surface area contributed by atoms with Crippen LogP contribution in [-0.2, 0) is 0 Å². The molecule has 1 heteroatoms. The van der Waals surface area contributed by atoms with Crippen molar-refractivity contribution in [1.29, 1.82) is 0 Å². The molecule has 2 fully saturated rings. The molecule has 0 amide bonds. The molecule has 0 heterocycles. The van der Waals surface area contributed by atoms with Crippen LogP contribution in [0, 0.1) is 17.8 Å². The van der Waals surface area contributed by atoms with Crippen molar-refractivity contribution in [3.05, 3.63) is 12.7 Å². The van der Waals surface area contributed by atoms with E-state index in [1.807, 2.05) is 0 Å². The number of hydrogen-bond acceptors (Lipinski definition) is 1. The van der Waals surface area contributed by atoms with E-state index < -0.39 is 0 Å². The van der Waals surface area contributed by atoms with Crippen molar-refractivity contribution in [3.8, 4) is 0 Å². The van der Waals surface area contributed by atoms with Gasteiger partial charge in [-0.25, -0.2) is 0 Å². The Hall–Kier alpha value is -0.300. The average Bonchev–Trinajstić information content (AvgIpc) is 2.46. The first kappa shape index (κ1) is 14.1. The van der Waals surface area contributed by atoms with Gasteiger partial charge in [-0.3, -0.25) is 0 Å². The molecule has 2 aliphatic carbocycles. The number of nitrogens with one attached hydrogen (secondary N) is 1. The lowest BCUT2D eigenvalue weighted by atomic mass is 9.70. The molecule has 2 aliphatic rings. The first-order chi connectivity index (χ1) is 8.83. The Morgan fingerprint density at radius 3 is 2.00 bits per heavy atom. The van der Waals surface area contributed by atoms with Crippen LogP contribution in [0.4, 0.5) is 0 Å². The maximum atomic E-state index is 3.95. The van der Waals surface area contributed by atoms with Crippen molar-refractivity contribution in [1.82, 2.24) is 5.32 Å². The van der Waals surface area contributed by atoms with Crippen LogP contribution in [0.1, 0.15) is 64.7 Å². The summed E-state index contributed by atoms with van der Waals surface area (Å²) in [5, 5.41) is 3.70. The van der Waals surface area contributed by atoms with Gasteiger partial charge in [-0.2, -0.15) is 0 Å². The summed E-state index contributed by atoms with van der Waals surface area (Å²) in [6.07, 6.45) is 15.0. The zero-order valence-electron chi connectivity index (χ0n) is 12.2. The Labute approximate surface area is 113 Å². The number of allylic oxidation sites excluding steroid dienone is 1. The third kappa shape index (κ3) is 3.85. The van der Waals surface area contributed by atoms with Crippen molar-refractivity contribution in [3.63, 3.8) is 0 Å². The van der Waals surface area contributed by atoms with Crippen molar-refractivity contribution in [2.45, 2.75) is 70.8 Å². The van der Waals surface area contributed by atoms with E-state index in [1.54, 1.807) is 0 Å². The summed E-state index contributed by atoms with van der Waals surface area (Å²) in [6, 6.07) is 0.825. The molecule has 18 heavy (non-hydrogen) atoms. The number of rotatable bonds is 5. The van der Waals surface area contributed by atoms with Crippen LogP contribution in [0.15, 0.2) is 12.7 Å². The highest BCUT2D eigenvalue weighted by Gasteiger charge is 2.29. The Bertz CT molecular complexity index is 232. The van der Waals surface area contributed by atoms with Gasteiger partial charge in [0.1, 0.15) is 0 Å². The van der Waals surface area contributed by atoms with Gasteiger partial charge in [0.15, 0.2) is 0 Å². The van der Waals surface area contributed by atoms with E-state index in [0.717, 1.165) is 23.8 Å².